The van der Waals surface area contributed by atoms with Crippen molar-refractivity contribution in [1.82, 2.24) is 4.98 Å². The van der Waals surface area contributed by atoms with Crippen LogP contribution in [0.2, 0.25) is 0 Å². The van der Waals surface area contributed by atoms with Crippen LogP contribution in [-0.4, -0.2) is 25.0 Å². The molecular weight excluding hydrogens is 282 g/mol. The van der Waals surface area contributed by atoms with E-state index in [1.807, 2.05) is 62.5 Å². The van der Waals surface area contributed by atoms with Gasteiger partial charge in [-0.3, -0.25) is 4.79 Å². The maximum atomic E-state index is 11.7. The number of carbonyl (C=O) groups is 1. The van der Waals surface area contributed by atoms with Crippen molar-refractivity contribution in [2.45, 2.75) is 20.3 Å². The number of amides is 1. The minimum absolute atomic E-state index is 0.0568. The molecule has 0 spiro atoms. The van der Waals surface area contributed by atoms with Crippen LogP contribution in [0.25, 0.3) is 11.3 Å². The van der Waals surface area contributed by atoms with Gasteiger partial charge in [0.2, 0.25) is 5.91 Å². The Morgan fingerprint density at radius 1 is 1.29 bits per heavy atom. The van der Waals surface area contributed by atoms with Gasteiger partial charge in [0, 0.05) is 37.1 Å². The molecule has 0 fully saturated rings. The molecule has 0 aliphatic heterocycles. The molecule has 0 unspecified atom stereocenters. The van der Waals surface area contributed by atoms with Crippen molar-refractivity contribution in [1.29, 1.82) is 0 Å². The molecule has 0 aliphatic rings. The van der Waals surface area contributed by atoms with E-state index in [9.17, 15) is 4.79 Å². The summed E-state index contributed by atoms with van der Waals surface area (Å²) in [4.78, 5) is 18.3. The van der Waals surface area contributed by atoms with E-state index in [4.69, 9.17) is 0 Å². The molecule has 0 saturated heterocycles. The largest absolute Gasteiger partial charge is 0.354 e. The van der Waals surface area contributed by atoms with Crippen LogP contribution in [0.3, 0.4) is 0 Å². The molecule has 112 valence electrons. The van der Waals surface area contributed by atoms with Gasteiger partial charge in [-0.05, 0) is 18.1 Å². The minimum Gasteiger partial charge on any atom is -0.354 e. The normalized spacial score (nSPS) is 10.7. The first-order valence-electron chi connectivity index (χ1n) is 6.99. The summed E-state index contributed by atoms with van der Waals surface area (Å²) in [6.45, 7) is 4.07. The second-order valence-electron chi connectivity index (χ2n) is 5.63. The third-order valence-corrected chi connectivity index (χ3v) is 3.94. The van der Waals surface area contributed by atoms with E-state index in [0.29, 0.717) is 12.3 Å². The highest BCUT2D eigenvalue weighted by atomic mass is 32.1. The van der Waals surface area contributed by atoms with E-state index in [1.54, 1.807) is 11.3 Å². The second kappa shape index (κ2) is 6.72. The van der Waals surface area contributed by atoms with E-state index >= 15 is 0 Å². The number of thiazole rings is 1. The van der Waals surface area contributed by atoms with Crippen LogP contribution in [0.1, 0.15) is 20.3 Å². The van der Waals surface area contributed by atoms with Crippen molar-refractivity contribution in [3.63, 3.8) is 0 Å². The summed E-state index contributed by atoms with van der Waals surface area (Å²) in [5.74, 6) is 0.421. The molecular formula is C16H21N3OS. The number of hydrogen-bond donors (Lipinski definition) is 1. The molecule has 1 aromatic heterocycles. The maximum Gasteiger partial charge on any atom is 0.224 e. The monoisotopic (exact) mass is 303 g/mol. The Morgan fingerprint density at radius 2 is 1.95 bits per heavy atom. The zero-order chi connectivity index (χ0) is 15.4. The van der Waals surface area contributed by atoms with Gasteiger partial charge in [-0.1, -0.05) is 26.0 Å². The Kier molecular flexibility index (Phi) is 4.96. The number of nitrogens with one attached hydrogen (secondary N) is 1. The number of carbonyl (C=O) groups excluding carboxylic acids is 1. The number of hydrogen-bond acceptors (Lipinski definition) is 4. The average Bonchev–Trinajstić information content (AvgIpc) is 2.88. The van der Waals surface area contributed by atoms with Crippen LogP contribution >= 0.6 is 11.3 Å². The van der Waals surface area contributed by atoms with Gasteiger partial charge in [0.25, 0.3) is 0 Å². The molecule has 0 aliphatic carbocycles. The smallest absolute Gasteiger partial charge is 0.224 e. The summed E-state index contributed by atoms with van der Waals surface area (Å²) < 4.78 is 0. The summed E-state index contributed by atoms with van der Waals surface area (Å²) in [5.41, 5.74) is 2.84. The number of nitrogens with zero attached hydrogens (tertiary/aromatic N) is 2. The SMILES string of the molecule is CC(C)CC(=O)Nc1ccc(-c2csc(N(C)C)n2)cc1. The van der Waals surface area contributed by atoms with Crippen LogP contribution in [0, 0.1) is 5.92 Å². The lowest BCUT2D eigenvalue weighted by Crippen LogP contribution is -2.13. The van der Waals surface area contributed by atoms with Crippen LogP contribution in [-0.2, 0) is 4.79 Å². The fraction of sp³-hybridized carbons (Fsp3) is 0.375. The number of rotatable bonds is 5. The van der Waals surface area contributed by atoms with Crippen molar-refractivity contribution >= 4 is 28.1 Å². The predicted octanol–water partition coefficient (Wildman–Crippen LogP) is 3.86. The molecule has 0 atom stereocenters. The standard InChI is InChI=1S/C16H21N3OS/c1-11(2)9-15(20)17-13-7-5-12(6-8-13)14-10-21-16(18-14)19(3)4/h5-8,10-11H,9H2,1-4H3,(H,17,20). The predicted molar refractivity (Wildman–Crippen MR) is 90.0 cm³/mol. The molecule has 0 radical (unpaired) electrons. The van der Waals surface area contributed by atoms with Crippen molar-refractivity contribution in [2.75, 3.05) is 24.3 Å². The fourth-order valence-corrected chi connectivity index (χ4v) is 2.68. The first kappa shape index (κ1) is 15.5. The number of aromatic nitrogens is 1. The van der Waals surface area contributed by atoms with Gasteiger partial charge in [0.15, 0.2) is 5.13 Å². The van der Waals surface area contributed by atoms with Crippen LogP contribution < -0.4 is 10.2 Å². The highest BCUT2D eigenvalue weighted by Crippen LogP contribution is 2.27. The van der Waals surface area contributed by atoms with Gasteiger partial charge in [0.1, 0.15) is 0 Å². The zero-order valence-corrected chi connectivity index (χ0v) is 13.7. The van der Waals surface area contributed by atoms with E-state index < -0.39 is 0 Å². The second-order valence-corrected chi connectivity index (χ2v) is 6.47. The average molecular weight is 303 g/mol. The molecule has 0 bridgehead atoms. The highest BCUT2D eigenvalue weighted by molar-refractivity contribution is 7.14. The lowest BCUT2D eigenvalue weighted by molar-refractivity contribution is -0.116. The Hall–Kier alpha value is -1.88. The number of anilines is 2. The third-order valence-electron chi connectivity index (χ3n) is 2.93. The molecule has 2 rings (SSSR count). The van der Waals surface area contributed by atoms with Crippen LogP contribution in [0.15, 0.2) is 29.6 Å². The molecule has 2 aromatic rings. The summed E-state index contributed by atoms with van der Waals surface area (Å²) in [5, 5.41) is 5.94. The Balaban J connectivity index is 2.06. The first-order chi connectivity index (χ1) is 9.95. The van der Waals surface area contributed by atoms with Gasteiger partial charge in [-0.15, -0.1) is 11.3 Å². The maximum absolute atomic E-state index is 11.7. The van der Waals surface area contributed by atoms with Gasteiger partial charge in [-0.2, -0.15) is 0 Å². The molecule has 4 nitrogen and oxygen atoms in total. The first-order valence-corrected chi connectivity index (χ1v) is 7.87. The summed E-state index contributed by atoms with van der Waals surface area (Å²) in [6, 6.07) is 7.81. The topological polar surface area (TPSA) is 45.2 Å². The zero-order valence-electron chi connectivity index (χ0n) is 12.9. The van der Waals surface area contributed by atoms with E-state index in [0.717, 1.165) is 22.1 Å². The van der Waals surface area contributed by atoms with Crippen LogP contribution in [0.5, 0.6) is 0 Å². The lowest BCUT2D eigenvalue weighted by Gasteiger charge is -2.08. The molecule has 1 N–H and O–H groups in total. The molecule has 0 saturated carbocycles. The van der Waals surface area contributed by atoms with Crippen molar-refractivity contribution in [3.8, 4) is 11.3 Å². The Morgan fingerprint density at radius 3 is 2.48 bits per heavy atom. The summed E-state index contributed by atoms with van der Waals surface area (Å²) >= 11 is 1.62. The quantitative estimate of drug-likeness (QED) is 0.912. The van der Waals surface area contributed by atoms with Gasteiger partial charge < -0.3 is 10.2 Å². The van der Waals surface area contributed by atoms with Gasteiger partial charge >= 0.3 is 0 Å². The highest BCUT2D eigenvalue weighted by Gasteiger charge is 2.08. The van der Waals surface area contributed by atoms with E-state index in [1.165, 1.54) is 0 Å². The van der Waals surface area contributed by atoms with Gasteiger partial charge in [-0.25, -0.2) is 4.98 Å². The van der Waals surface area contributed by atoms with E-state index in [2.05, 4.69) is 10.3 Å². The molecule has 1 amide bonds. The summed E-state index contributed by atoms with van der Waals surface area (Å²) in [7, 11) is 3.96. The summed E-state index contributed by atoms with van der Waals surface area (Å²) in [6.07, 6.45) is 0.542. The molecule has 1 aromatic carbocycles. The fourth-order valence-electron chi connectivity index (χ4n) is 1.91. The Bertz CT molecular complexity index is 602. The van der Waals surface area contributed by atoms with Crippen LogP contribution in [0.4, 0.5) is 10.8 Å². The molecule has 21 heavy (non-hydrogen) atoms. The minimum atomic E-state index is 0.0568. The Labute approximate surface area is 129 Å². The third kappa shape index (κ3) is 4.29. The number of benzene rings is 1. The van der Waals surface area contributed by atoms with E-state index in [-0.39, 0.29) is 5.91 Å². The van der Waals surface area contributed by atoms with Crippen molar-refractivity contribution in [2.24, 2.45) is 5.92 Å². The molecule has 1 heterocycles. The lowest BCUT2D eigenvalue weighted by atomic mass is 10.1. The molecule has 5 heteroatoms. The van der Waals surface area contributed by atoms with Crippen molar-refractivity contribution < 1.29 is 4.79 Å². The van der Waals surface area contributed by atoms with Gasteiger partial charge in [0.05, 0.1) is 5.69 Å². The van der Waals surface area contributed by atoms with Crippen molar-refractivity contribution in [3.05, 3.63) is 29.6 Å².